The highest BCUT2D eigenvalue weighted by molar-refractivity contribution is 7.99. The van der Waals surface area contributed by atoms with Gasteiger partial charge >= 0.3 is 6.03 Å². The van der Waals surface area contributed by atoms with Crippen LogP contribution in [0, 0.1) is 11.8 Å². The largest absolute Gasteiger partial charge is 0.346 e. The van der Waals surface area contributed by atoms with Crippen LogP contribution in [0.5, 0.6) is 0 Å². The number of hydrogen-bond donors (Lipinski definition) is 0. The molecule has 1 saturated heterocycles. The molecule has 7 nitrogen and oxygen atoms in total. The zero-order valence-corrected chi connectivity index (χ0v) is 13.7. The first-order valence-corrected chi connectivity index (χ1v) is 10.3. The molecule has 9 heteroatoms. The number of carbonyl (C=O) groups excluding carboxylic acids is 1. The molecule has 3 fully saturated rings. The van der Waals surface area contributed by atoms with Crippen LogP contribution >= 0.6 is 11.8 Å². The van der Waals surface area contributed by atoms with Gasteiger partial charge in [-0.25, -0.2) is 18.2 Å². The number of fused-ring (bicyclic) bond motifs is 2. The van der Waals surface area contributed by atoms with Crippen LogP contribution in [0.4, 0.5) is 4.79 Å². The number of nitrogens with zero attached hydrogens (tertiary/aromatic N) is 4. The van der Waals surface area contributed by atoms with Gasteiger partial charge in [0.15, 0.2) is 0 Å². The predicted octanol–water partition coefficient (Wildman–Crippen LogP) is 1.21. The Morgan fingerprint density at radius 3 is 2.82 bits per heavy atom. The van der Waals surface area contributed by atoms with Crippen molar-refractivity contribution in [2.24, 2.45) is 11.8 Å². The molecule has 3 atom stereocenters. The lowest BCUT2D eigenvalue weighted by atomic mass is 10.0. The van der Waals surface area contributed by atoms with Crippen molar-refractivity contribution < 1.29 is 13.2 Å². The van der Waals surface area contributed by atoms with Gasteiger partial charge in [-0.05, 0) is 31.1 Å². The molecular formula is C13H18N4O3S2. The Bertz CT molecular complexity index is 696. The van der Waals surface area contributed by atoms with E-state index < -0.39 is 9.84 Å². The van der Waals surface area contributed by atoms with Gasteiger partial charge in [-0.15, -0.1) is 16.9 Å². The lowest BCUT2D eigenvalue weighted by Crippen LogP contribution is -2.33. The van der Waals surface area contributed by atoms with E-state index in [4.69, 9.17) is 0 Å². The minimum atomic E-state index is -3.52. The quantitative estimate of drug-likeness (QED) is 0.803. The molecule has 1 aliphatic heterocycles. The van der Waals surface area contributed by atoms with Crippen LogP contribution in [-0.4, -0.2) is 57.5 Å². The van der Waals surface area contributed by atoms with Crippen LogP contribution in [0.25, 0.3) is 0 Å². The first-order chi connectivity index (χ1) is 10.6. The average molecular weight is 342 g/mol. The minimum Gasteiger partial charge on any atom is -0.313 e. The number of thioether (sulfide) groups is 1. The Morgan fingerprint density at radius 2 is 2.18 bits per heavy atom. The summed E-state index contributed by atoms with van der Waals surface area (Å²) < 4.78 is 26.5. The molecule has 2 heterocycles. The molecule has 3 aliphatic rings. The normalized spacial score (nSPS) is 31.1. The molecule has 120 valence electrons. The molecule has 0 aromatic carbocycles. The van der Waals surface area contributed by atoms with Gasteiger partial charge in [0.2, 0.25) is 9.84 Å². The summed E-state index contributed by atoms with van der Waals surface area (Å²) >= 11 is 1.67. The maximum Gasteiger partial charge on any atom is 0.346 e. The average Bonchev–Trinajstić information content (AvgIpc) is 3.30. The van der Waals surface area contributed by atoms with Crippen LogP contribution in [0.2, 0.25) is 0 Å². The van der Waals surface area contributed by atoms with E-state index in [-0.39, 0.29) is 22.4 Å². The van der Waals surface area contributed by atoms with E-state index in [2.05, 4.69) is 10.1 Å². The van der Waals surface area contributed by atoms with E-state index in [0.717, 1.165) is 36.1 Å². The van der Waals surface area contributed by atoms with Crippen LogP contribution in [-0.2, 0) is 9.84 Å². The number of sulfone groups is 1. The van der Waals surface area contributed by atoms with E-state index in [9.17, 15) is 13.2 Å². The maximum absolute atomic E-state index is 12.7. The third-order valence-corrected chi connectivity index (χ3v) is 8.05. The lowest BCUT2D eigenvalue weighted by Gasteiger charge is -2.19. The van der Waals surface area contributed by atoms with Gasteiger partial charge in [0.1, 0.15) is 6.33 Å². The Kier molecular flexibility index (Phi) is 3.44. The molecule has 4 rings (SSSR count). The molecule has 1 aromatic heterocycles. The maximum atomic E-state index is 12.7. The molecule has 0 N–H and O–H groups in total. The van der Waals surface area contributed by atoms with Gasteiger partial charge in [0.25, 0.3) is 5.16 Å². The number of carbonyl (C=O) groups is 1. The van der Waals surface area contributed by atoms with Crippen molar-refractivity contribution in [3.63, 3.8) is 0 Å². The molecule has 3 unspecified atom stereocenters. The molecular weight excluding hydrogens is 324 g/mol. The fourth-order valence-corrected chi connectivity index (χ4v) is 6.77. The SMILES string of the molecule is O=C(N1CCSC1)n1cnc(S(=O)(=O)C2CC3CCC2C3)n1. The summed E-state index contributed by atoms with van der Waals surface area (Å²) in [4.78, 5) is 17.8. The van der Waals surface area contributed by atoms with Crippen LogP contribution in [0.1, 0.15) is 25.7 Å². The number of rotatable bonds is 2. The number of amides is 1. The van der Waals surface area contributed by atoms with E-state index in [1.54, 1.807) is 16.7 Å². The highest BCUT2D eigenvalue weighted by Crippen LogP contribution is 2.48. The molecule has 2 aliphatic carbocycles. The van der Waals surface area contributed by atoms with Crippen molar-refractivity contribution in [3.05, 3.63) is 6.33 Å². The van der Waals surface area contributed by atoms with E-state index in [1.807, 2.05) is 0 Å². The third kappa shape index (κ3) is 2.25. The lowest BCUT2D eigenvalue weighted by molar-refractivity contribution is 0.209. The van der Waals surface area contributed by atoms with Gasteiger partial charge in [-0.1, -0.05) is 6.42 Å². The Balaban J connectivity index is 1.57. The molecule has 0 spiro atoms. The zero-order chi connectivity index (χ0) is 15.3. The summed E-state index contributed by atoms with van der Waals surface area (Å²) in [5.74, 6) is 2.30. The van der Waals surface area contributed by atoms with Crippen LogP contribution in [0.3, 0.4) is 0 Å². The molecule has 0 radical (unpaired) electrons. The van der Waals surface area contributed by atoms with Gasteiger partial charge in [-0.3, -0.25) is 0 Å². The van der Waals surface area contributed by atoms with Gasteiger partial charge in [-0.2, -0.15) is 4.68 Å². The van der Waals surface area contributed by atoms with E-state index in [1.165, 1.54) is 6.33 Å². The number of hydrogen-bond acceptors (Lipinski definition) is 6. The van der Waals surface area contributed by atoms with Crippen molar-refractivity contribution in [2.75, 3.05) is 18.2 Å². The van der Waals surface area contributed by atoms with Crippen molar-refractivity contribution in [1.82, 2.24) is 19.7 Å². The van der Waals surface area contributed by atoms with Crippen molar-refractivity contribution in [2.45, 2.75) is 36.1 Å². The fourth-order valence-electron chi connectivity index (χ4n) is 3.88. The molecule has 2 saturated carbocycles. The highest BCUT2D eigenvalue weighted by atomic mass is 32.2. The van der Waals surface area contributed by atoms with Crippen molar-refractivity contribution in [1.29, 1.82) is 0 Å². The summed E-state index contributed by atoms with van der Waals surface area (Å²) in [5.41, 5.74) is 0. The molecule has 22 heavy (non-hydrogen) atoms. The third-order valence-electron chi connectivity index (χ3n) is 5.02. The highest BCUT2D eigenvalue weighted by Gasteiger charge is 2.47. The Hall–Kier alpha value is -1.09. The molecule has 1 aromatic rings. The minimum absolute atomic E-state index is 0.190. The van der Waals surface area contributed by atoms with Crippen LogP contribution in [0.15, 0.2) is 11.5 Å². The zero-order valence-electron chi connectivity index (χ0n) is 12.1. The second-order valence-corrected chi connectivity index (χ2v) is 9.45. The molecule has 1 amide bonds. The monoisotopic (exact) mass is 342 g/mol. The topological polar surface area (TPSA) is 85.2 Å². The van der Waals surface area contributed by atoms with Gasteiger partial charge in [0, 0.05) is 12.3 Å². The second kappa shape index (κ2) is 5.23. The van der Waals surface area contributed by atoms with Gasteiger partial charge < -0.3 is 4.90 Å². The van der Waals surface area contributed by atoms with Gasteiger partial charge in [0.05, 0.1) is 11.1 Å². The van der Waals surface area contributed by atoms with E-state index in [0.29, 0.717) is 18.3 Å². The summed E-state index contributed by atoms with van der Waals surface area (Å²) in [6.45, 7) is 0.665. The van der Waals surface area contributed by atoms with Crippen molar-refractivity contribution >= 4 is 27.6 Å². The summed E-state index contributed by atoms with van der Waals surface area (Å²) in [7, 11) is -3.52. The summed E-state index contributed by atoms with van der Waals surface area (Å²) in [5, 5.41) is 3.42. The standard InChI is InChI=1S/C13H18N4O3S2/c18-13(16-3-4-21-8-16)17-7-14-12(15-17)22(19,20)11-6-9-1-2-10(11)5-9/h7,9-11H,1-6,8H2. The fraction of sp³-hybridized carbons (Fsp3) is 0.769. The summed E-state index contributed by atoms with van der Waals surface area (Å²) in [6, 6.07) is -0.299. The smallest absolute Gasteiger partial charge is 0.313 e. The number of aromatic nitrogens is 3. The first kappa shape index (κ1) is 14.5. The van der Waals surface area contributed by atoms with Crippen LogP contribution < -0.4 is 0 Å². The van der Waals surface area contributed by atoms with Crippen molar-refractivity contribution in [3.8, 4) is 0 Å². The second-order valence-electron chi connectivity index (χ2n) is 6.31. The Morgan fingerprint density at radius 1 is 1.32 bits per heavy atom. The first-order valence-electron chi connectivity index (χ1n) is 7.58. The molecule has 2 bridgehead atoms. The summed E-state index contributed by atoms with van der Waals surface area (Å²) in [6.07, 6.45) is 5.08. The predicted molar refractivity (Wildman–Crippen MR) is 81.3 cm³/mol. The van der Waals surface area contributed by atoms with E-state index >= 15 is 0 Å². The Labute approximate surface area is 133 Å².